The van der Waals surface area contributed by atoms with Gasteiger partial charge in [0.1, 0.15) is 11.8 Å². The zero-order valence-corrected chi connectivity index (χ0v) is 8.88. The summed E-state index contributed by atoms with van der Waals surface area (Å²) in [5.74, 6) is -0.288. The van der Waals surface area contributed by atoms with Crippen LogP contribution in [0.15, 0.2) is 28.9 Å². The van der Waals surface area contributed by atoms with Gasteiger partial charge in [-0.15, -0.1) is 0 Å². The summed E-state index contributed by atoms with van der Waals surface area (Å²) in [6.07, 6.45) is 2.03. The smallest absolute Gasteiger partial charge is 0.169 e. The largest absolute Gasteiger partial charge is 0.461 e. The third kappa shape index (κ3) is 2.02. The molecule has 2 aromatic rings. The van der Waals surface area contributed by atoms with E-state index in [4.69, 9.17) is 4.42 Å². The second-order valence-corrected chi connectivity index (χ2v) is 3.81. The molecule has 0 bridgehead atoms. The van der Waals surface area contributed by atoms with Gasteiger partial charge in [-0.25, -0.2) is 4.39 Å². The molecule has 0 aliphatic carbocycles. The van der Waals surface area contributed by atoms with Gasteiger partial charge >= 0.3 is 0 Å². The van der Waals surface area contributed by atoms with Crippen LogP contribution in [0.4, 0.5) is 4.39 Å². The number of fused-ring (bicyclic) bond motifs is 1. The van der Waals surface area contributed by atoms with Crippen molar-refractivity contribution in [2.24, 2.45) is 0 Å². The van der Waals surface area contributed by atoms with Gasteiger partial charge in [0.2, 0.25) is 0 Å². The van der Waals surface area contributed by atoms with Gasteiger partial charge in [-0.2, -0.15) is 0 Å². The summed E-state index contributed by atoms with van der Waals surface area (Å²) in [7, 11) is 1.92. The molecular weight excluding hydrogens is 193 g/mol. The highest BCUT2D eigenvalue weighted by molar-refractivity contribution is 5.78. The van der Waals surface area contributed by atoms with Crippen molar-refractivity contribution in [2.75, 3.05) is 7.05 Å². The Morgan fingerprint density at radius 3 is 3.00 bits per heavy atom. The molecule has 2 rings (SSSR count). The van der Waals surface area contributed by atoms with E-state index in [9.17, 15) is 4.39 Å². The summed E-state index contributed by atoms with van der Waals surface area (Å²) in [5, 5.41) is 3.72. The van der Waals surface area contributed by atoms with Crippen molar-refractivity contribution in [1.29, 1.82) is 0 Å². The maximum atomic E-state index is 13.2. The van der Waals surface area contributed by atoms with E-state index >= 15 is 0 Å². The van der Waals surface area contributed by atoms with E-state index in [-0.39, 0.29) is 5.82 Å². The van der Waals surface area contributed by atoms with Gasteiger partial charge in [0, 0.05) is 6.04 Å². The summed E-state index contributed by atoms with van der Waals surface area (Å²) in [4.78, 5) is 0. The van der Waals surface area contributed by atoms with E-state index in [0.29, 0.717) is 17.0 Å². The first-order valence-corrected chi connectivity index (χ1v) is 5.03. The molecular formula is C12H14FNO. The van der Waals surface area contributed by atoms with Crippen LogP contribution in [0.3, 0.4) is 0 Å². The molecule has 1 unspecified atom stereocenters. The predicted molar refractivity (Wildman–Crippen MR) is 58.4 cm³/mol. The van der Waals surface area contributed by atoms with Crippen molar-refractivity contribution in [3.8, 4) is 0 Å². The Morgan fingerprint density at radius 2 is 2.27 bits per heavy atom. The van der Waals surface area contributed by atoms with Crippen molar-refractivity contribution in [2.45, 2.75) is 19.4 Å². The highest BCUT2D eigenvalue weighted by Gasteiger charge is 2.07. The van der Waals surface area contributed by atoms with Gasteiger partial charge in [0.15, 0.2) is 5.82 Å². The van der Waals surface area contributed by atoms with Gasteiger partial charge in [0.25, 0.3) is 0 Å². The lowest BCUT2D eigenvalue weighted by Crippen LogP contribution is -2.23. The molecule has 80 valence electrons. The molecule has 0 aliphatic rings. The fourth-order valence-electron chi connectivity index (χ4n) is 1.63. The SMILES string of the molecule is CNC(C)Cc1ccc2occ(F)c2c1. The number of furan rings is 1. The molecule has 1 aromatic carbocycles. The van der Waals surface area contributed by atoms with Gasteiger partial charge in [-0.1, -0.05) is 6.07 Å². The fraction of sp³-hybridized carbons (Fsp3) is 0.333. The Morgan fingerprint density at radius 1 is 1.47 bits per heavy atom. The van der Waals surface area contributed by atoms with E-state index < -0.39 is 0 Å². The topological polar surface area (TPSA) is 25.2 Å². The third-order valence-corrected chi connectivity index (χ3v) is 2.63. The average molecular weight is 207 g/mol. The van der Waals surface area contributed by atoms with Crippen LogP contribution in [0.1, 0.15) is 12.5 Å². The zero-order valence-electron chi connectivity index (χ0n) is 8.88. The molecule has 0 saturated heterocycles. The highest BCUT2D eigenvalue weighted by Crippen LogP contribution is 2.21. The van der Waals surface area contributed by atoms with Crippen molar-refractivity contribution in [3.05, 3.63) is 35.8 Å². The minimum Gasteiger partial charge on any atom is -0.461 e. The van der Waals surface area contributed by atoms with E-state index in [1.54, 1.807) is 0 Å². The molecule has 0 radical (unpaired) electrons. The predicted octanol–water partition coefficient (Wildman–Crippen LogP) is 2.72. The van der Waals surface area contributed by atoms with Crippen molar-refractivity contribution < 1.29 is 8.81 Å². The van der Waals surface area contributed by atoms with Gasteiger partial charge in [-0.05, 0) is 38.1 Å². The maximum Gasteiger partial charge on any atom is 0.169 e. The van der Waals surface area contributed by atoms with E-state index in [1.165, 1.54) is 0 Å². The Labute approximate surface area is 88.1 Å². The Hall–Kier alpha value is -1.35. The minimum absolute atomic E-state index is 0.288. The highest BCUT2D eigenvalue weighted by atomic mass is 19.1. The van der Waals surface area contributed by atoms with Gasteiger partial charge in [0.05, 0.1) is 5.39 Å². The lowest BCUT2D eigenvalue weighted by molar-refractivity contribution is 0.558. The quantitative estimate of drug-likeness (QED) is 0.837. The lowest BCUT2D eigenvalue weighted by Gasteiger charge is -2.09. The normalized spacial score (nSPS) is 13.3. The number of hydrogen-bond acceptors (Lipinski definition) is 2. The lowest BCUT2D eigenvalue weighted by atomic mass is 10.1. The zero-order chi connectivity index (χ0) is 10.8. The molecule has 1 N–H and O–H groups in total. The first-order chi connectivity index (χ1) is 7.20. The first kappa shape index (κ1) is 10.2. The van der Waals surface area contributed by atoms with Crippen LogP contribution in [-0.2, 0) is 6.42 Å². The summed E-state index contributed by atoms with van der Waals surface area (Å²) in [6.45, 7) is 2.09. The monoisotopic (exact) mass is 207 g/mol. The van der Waals surface area contributed by atoms with Crippen molar-refractivity contribution >= 4 is 11.0 Å². The van der Waals surface area contributed by atoms with Gasteiger partial charge < -0.3 is 9.73 Å². The van der Waals surface area contributed by atoms with Crippen LogP contribution in [0.5, 0.6) is 0 Å². The third-order valence-electron chi connectivity index (χ3n) is 2.63. The van der Waals surface area contributed by atoms with Crippen LogP contribution < -0.4 is 5.32 Å². The molecule has 15 heavy (non-hydrogen) atoms. The number of nitrogens with one attached hydrogen (secondary N) is 1. The summed E-state index contributed by atoms with van der Waals surface area (Å²) < 4.78 is 18.3. The average Bonchev–Trinajstić information content (AvgIpc) is 2.60. The molecule has 1 heterocycles. The standard InChI is InChI=1S/C12H14FNO/c1-8(14-2)5-9-3-4-12-10(6-9)11(13)7-15-12/h3-4,6-8,14H,5H2,1-2H3. The summed E-state index contributed by atoms with van der Waals surface area (Å²) >= 11 is 0. The Bertz CT molecular complexity index is 464. The van der Waals surface area contributed by atoms with Crippen LogP contribution in [0, 0.1) is 5.82 Å². The molecule has 0 fully saturated rings. The van der Waals surface area contributed by atoms with Crippen LogP contribution >= 0.6 is 0 Å². The first-order valence-electron chi connectivity index (χ1n) is 5.03. The second kappa shape index (κ2) is 4.03. The molecule has 1 aromatic heterocycles. The molecule has 0 spiro atoms. The molecule has 1 atom stereocenters. The molecule has 2 nitrogen and oxygen atoms in total. The van der Waals surface area contributed by atoms with Gasteiger partial charge in [-0.3, -0.25) is 0 Å². The van der Waals surface area contributed by atoms with Crippen LogP contribution in [-0.4, -0.2) is 13.1 Å². The van der Waals surface area contributed by atoms with E-state index in [2.05, 4.69) is 12.2 Å². The maximum absolute atomic E-state index is 13.2. The molecule has 0 aliphatic heterocycles. The van der Waals surface area contributed by atoms with E-state index in [0.717, 1.165) is 18.2 Å². The molecule has 3 heteroatoms. The number of benzene rings is 1. The number of halogens is 1. The van der Waals surface area contributed by atoms with E-state index in [1.807, 2.05) is 25.2 Å². The van der Waals surface area contributed by atoms with Crippen LogP contribution in [0.2, 0.25) is 0 Å². The minimum atomic E-state index is -0.288. The molecule has 0 amide bonds. The Balaban J connectivity index is 2.33. The summed E-state index contributed by atoms with van der Waals surface area (Å²) in [6, 6.07) is 6.02. The fourth-order valence-corrected chi connectivity index (χ4v) is 1.63. The second-order valence-electron chi connectivity index (χ2n) is 3.81. The van der Waals surface area contributed by atoms with Crippen LogP contribution in [0.25, 0.3) is 11.0 Å². The summed E-state index contributed by atoms with van der Waals surface area (Å²) in [5.41, 5.74) is 1.72. The Kier molecular flexibility index (Phi) is 2.73. The van der Waals surface area contributed by atoms with Crippen molar-refractivity contribution in [3.63, 3.8) is 0 Å². The van der Waals surface area contributed by atoms with Crippen molar-refractivity contribution in [1.82, 2.24) is 5.32 Å². The molecule has 0 saturated carbocycles. The number of rotatable bonds is 3. The number of hydrogen-bond donors (Lipinski definition) is 1. The number of likely N-dealkylation sites (N-methyl/N-ethyl adjacent to an activating group) is 1.